The van der Waals surface area contributed by atoms with Gasteiger partial charge in [0.1, 0.15) is 6.33 Å². The van der Waals surface area contributed by atoms with Crippen LogP contribution in [0.2, 0.25) is 0 Å². The molecule has 0 aliphatic carbocycles. The third kappa shape index (κ3) is 3.34. The molecule has 0 saturated carbocycles. The second-order valence-electron chi connectivity index (χ2n) is 7.20. The fourth-order valence-corrected chi connectivity index (χ4v) is 3.41. The van der Waals surface area contributed by atoms with Crippen LogP contribution < -0.4 is 20.1 Å². The van der Waals surface area contributed by atoms with Crippen LogP contribution >= 0.6 is 0 Å². The quantitative estimate of drug-likeness (QED) is 0.500. The predicted octanol–water partition coefficient (Wildman–Crippen LogP) is 3.89. The summed E-state index contributed by atoms with van der Waals surface area (Å²) >= 11 is 0. The summed E-state index contributed by atoms with van der Waals surface area (Å²) in [6.07, 6.45) is 5.14. The van der Waals surface area contributed by atoms with E-state index in [1.165, 1.54) is 0 Å². The van der Waals surface area contributed by atoms with Crippen LogP contribution in [0.3, 0.4) is 0 Å². The van der Waals surface area contributed by atoms with Crippen LogP contribution in [-0.4, -0.2) is 31.3 Å². The molecule has 9 heteroatoms. The molecule has 0 radical (unpaired) electrons. The minimum atomic E-state index is 0.166. The van der Waals surface area contributed by atoms with Crippen LogP contribution in [0.1, 0.15) is 25.5 Å². The minimum absolute atomic E-state index is 0.166. The van der Waals surface area contributed by atoms with Crippen LogP contribution in [-0.2, 0) is 6.54 Å². The van der Waals surface area contributed by atoms with Crippen molar-refractivity contribution in [2.24, 2.45) is 0 Å². The van der Waals surface area contributed by atoms with Crippen molar-refractivity contribution in [3.05, 3.63) is 54.6 Å². The zero-order chi connectivity index (χ0) is 20.5. The first-order valence-corrected chi connectivity index (χ1v) is 9.71. The lowest BCUT2D eigenvalue weighted by atomic mass is 10.2. The van der Waals surface area contributed by atoms with Gasteiger partial charge in [-0.05, 0) is 37.6 Å². The summed E-state index contributed by atoms with van der Waals surface area (Å²) in [7, 11) is 0. The Hall–Kier alpha value is -3.88. The Morgan fingerprint density at radius 2 is 2.03 bits per heavy atom. The van der Waals surface area contributed by atoms with E-state index in [9.17, 15) is 0 Å². The molecule has 0 atom stereocenters. The molecular weight excluding hydrogens is 382 g/mol. The van der Waals surface area contributed by atoms with Crippen molar-refractivity contribution >= 4 is 28.6 Å². The van der Waals surface area contributed by atoms with Gasteiger partial charge in [-0.3, -0.25) is 9.55 Å². The highest BCUT2D eigenvalue weighted by molar-refractivity contribution is 5.87. The van der Waals surface area contributed by atoms with Crippen molar-refractivity contribution in [1.29, 1.82) is 0 Å². The Kier molecular flexibility index (Phi) is 4.55. The molecule has 1 aliphatic heterocycles. The molecule has 30 heavy (non-hydrogen) atoms. The predicted molar refractivity (Wildman–Crippen MR) is 113 cm³/mol. The first-order valence-electron chi connectivity index (χ1n) is 9.71. The van der Waals surface area contributed by atoms with Gasteiger partial charge in [-0.1, -0.05) is 6.07 Å². The maximum absolute atomic E-state index is 5.46. The van der Waals surface area contributed by atoms with Gasteiger partial charge in [0, 0.05) is 36.7 Å². The van der Waals surface area contributed by atoms with Gasteiger partial charge < -0.3 is 20.1 Å². The standard InChI is InChI=1S/C21H21N7O2/c1-13(2)28-20-18(27-21(28)23-10-14-4-3-7-22-9-14)19(24-11-25-20)26-15-5-6-16-17(8-15)30-12-29-16/h3-9,11,13H,10,12H2,1-2H3,(H,23,27)(H,24,25,26). The number of benzene rings is 1. The van der Waals surface area contributed by atoms with E-state index >= 15 is 0 Å². The summed E-state index contributed by atoms with van der Waals surface area (Å²) in [6, 6.07) is 9.78. The Morgan fingerprint density at radius 3 is 2.87 bits per heavy atom. The largest absolute Gasteiger partial charge is 0.454 e. The molecule has 2 N–H and O–H groups in total. The molecule has 3 aromatic heterocycles. The van der Waals surface area contributed by atoms with Gasteiger partial charge >= 0.3 is 0 Å². The molecule has 9 nitrogen and oxygen atoms in total. The first-order chi connectivity index (χ1) is 14.7. The molecule has 0 fully saturated rings. The van der Waals surface area contributed by atoms with Crippen LogP contribution in [0.4, 0.5) is 17.5 Å². The molecule has 0 amide bonds. The summed E-state index contributed by atoms with van der Waals surface area (Å²) in [5, 5.41) is 6.73. The monoisotopic (exact) mass is 403 g/mol. The van der Waals surface area contributed by atoms with Gasteiger partial charge in [-0.25, -0.2) is 15.0 Å². The van der Waals surface area contributed by atoms with Crippen molar-refractivity contribution in [2.45, 2.75) is 26.4 Å². The zero-order valence-corrected chi connectivity index (χ0v) is 16.7. The van der Waals surface area contributed by atoms with E-state index < -0.39 is 0 Å². The number of fused-ring (bicyclic) bond motifs is 2. The molecule has 0 unspecified atom stereocenters. The van der Waals surface area contributed by atoms with Crippen LogP contribution in [0.25, 0.3) is 11.2 Å². The van der Waals surface area contributed by atoms with Gasteiger partial charge in [-0.15, -0.1) is 0 Å². The number of nitrogens with zero attached hydrogens (tertiary/aromatic N) is 5. The number of pyridine rings is 1. The second kappa shape index (κ2) is 7.51. The summed E-state index contributed by atoms with van der Waals surface area (Å²) < 4.78 is 12.9. The zero-order valence-electron chi connectivity index (χ0n) is 16.7. The van der Waals surface area contributed by atoms with E-state index in [2.05, 4.69) is 44.0 Å². The fourth-order valence-electron chi connectivity index (χ4n) is 3.41. The molecule has 1 aliphatic rings. The normalized spacial score (nSPS) is 12.5. The number of imidazole rings is 1. The molecule has 0 bridgehead atoms. The molecule has 1 aromatic carbocycles. The van der Waals surface area contributed by atoms with E-state index in [0.29, 0.717) is 23.6 Å². The molecule has 0 spiro atoms. The number of rotatable bonds is 6. The average molecular weight is 403 g/mol. The lowest BCUT2D eigenvalue weighted by Crippen LogP contribution is -2.10. The van der Waals surface area contributed by atoms with E-state index in [1.54, 1.807) is 12.5 Å². The van der Waals surface area contributed by atoms with Gasteiger partial charge in [0.2, 0.25) is 12.7 Å². The maximum atomic E-state index is 5.46. The van der Waals surface area contributed by atoms with Crippen LogP contribution in [0, 0.1) is 0 Å². The van der Waals surface area contributed by atoms with E-state index in [4.69, 9.17) is 14.5 Å². The van der Waals surface area contributed by atoms with Gasteiger partial charge in [0.05, 0.1) is 0 Å². The Balaban J connectivity index is 1.49. The number of nitrogens with one attached hydrogen (secondary N) is 2. The summed E-state index contributed by atoms with van der Waals surface area (Å²) in [5.74, 6) is 2.80. The molecular formula is C21H21N7O2. The maximum Gasteiger partial charge on any atom is 0.231 e. The second-order valence-corrected chi connectivity index (χ2v) is 7.20. The Labute approximate surface area is 173 Å². The van der Waals surface area contributed by atoms with E-state index in [1.807, 2.05) is 36.5 Å². The summed E-state index contributed by atoms with van der Waals surface area (Å²) in [6.45, 7) is 5.05. The van der Waals surface area contributed by atoms with Crippen molar-refractivity contribution in [3.8, 4) is 11.5 Å². The lowest BCUT2D eigenvalue weighted by Gasteiger charge is -2.13. The lowest BCUT2D eigenvalue weighted by molar-refractivity contribution is 0.174. The van der Waals surface area contributed by atoms with Gasteiger partial charge in [0.25, 0.3) is 0 Å². The van der Waals surface area contributed by atoms with Gasteiger partial charge in [-0.2, -0.15) is 0 Å². The topological polar surface area (TPSA) is 99.0 Å². The molecule has 0 saturated heterocycles. The number of ether oxygens (including phenoxy) is 2. The summed E-state index contributed by atoms with van der Waals surface area (Å²) in [4.78, 5) is 17.9. The van der Waals surface area contributed by atoms with Crippen molar-refractivity contribution in [2.75, 3.05) is 17.4 Å². The van der Waals surface area contributed by atoms with Crippen molar-refractivity contribution < 1.29 is 9.47 Å². The van der Waals surface area contributed by atoms with Crippen LogP contribution in [0.5, 0.6) is 11.5 Å². The van der Waals surface area contributed by atoms with Crippen molar-refractivity contribution in [3.63, 3.8) is 0 Å². The van der Waals surface area contributed by atoms with Crippen molar-refractivity contribution in [1.82, 2.24) is 24.5 Å². The smallest absolute Gasteiger partial charge is 0.231 e. The number of anilines is 3. The first kappa shape index (κ1) is 18.2. The molecule has 5 rings (SSSR count). The number of hydrogen-bond acceptors (Lipinski definition) is 8. The molecule has 4 aromatic rings. The van der Waals surface area contributed by atoms with Crippen LogP contribution in [0.15, 0.2) is 49.1 Å². The third-order valence-corrected chi connectivity index (χ3v) is 4.80. The average Bonchev–Trinajstić information content (AvgIpc) is 3.37. The van der Waals surface area contributed by atoms with E-state index in [0.717, 1.165) is 28.6 Å². The number of hydrogen-bond donors (Lipinski definition) is 2. The Bertz CT molecular complexity index is 1190. The number of aromatic nitrogens is 5. The van der Waals surface area contributed by atoms with E-state index in [-0.39, 0.29) is 12.8 Å². The minimum Gasteiger partial charge on any atom is -0.454 e. The Morgan fingerprint density at radius 1 is 1.13 bits per heavy atom. The third-order valence-electron chi connectivity index (χ3n) is 4.80. The molecule has 4 heterocycles. The summed E-state index contributed by atoms with van der Waals surface area (Å²) in [5.41, 5.74) is 3.36. The molecule has 152 valence electrons. The fraction of sp³-hybridized carbons (Fsp3) is 0.238. The van der Waals surface area contributed by atoms with Gasteiger partial charge in [0.15, 0.2) is 28.5 Å². The highest BCUT2D eigenvalue weighted by atomic mass is 16.7. The highest BCUT2D eigenvalue weighted by Gasteiger charge is 2.19. The SMILES string of the molecule is CC(C)n1c(NCc2cccnc2)nc2c(Nc3ccc4c(c3)OCO4)ncnc21. The highest BCUT2D eigenvalue weighted by Crippen LogP contribution is 2.36.